The molecule has 8 heteroatoms. The van der Waals surface area contributed by atoms with Crippen molar-refractivity contribution in [2.45, 2.75) is 6.18 Å². The van der Waals surface area contributed by atoms with Crippen LogP contribution >= 0.6 is 0 Å². The molecule has 0 radical (unpaired) electrons. The molecular weight excluding hydrogens is 313 g/mol. The minimum Gasteiger partial charge on any atom is -0.481 e. The number of halogens is 3. The zero-order chi connectivity index (χ0) is 17.4. The molecule has 1 heterocycles. The van der Waals surface area contributed by atoms with Crippen LogP contribution in [-0.4, -0.2) is 55.2 Å². The molecule has 1 aromatic rings. The molecule has 0 bridgehead atoms. The van der Waals surface area contributed by atoms with Gasteiger partial charge < -0.3 is 14.9 Å². The molecule has 1 saturated heterocycles. The molecule has 0 aromatic heterocycles. The highest BCUT2D eigenvalue weighted by Crippen LogP contribution is 2.38. The summed E-state index contributed by atoms with van der Waals surface area (Å²) in [7, 11) is 3.55. The monoisotopic (exact) mass is 330 g/mol. The number of amides is 1. The quantitative estimate of drug-likeness (QED) is 0.922. The van der Waals surface area contributed by atoms with Gasteiger partial charge in [0.15, 0.2) is 0 Å². The maximum atomic E-state index is 13.0. The Hall–Kier alpha value is -2.25. The Labute approximate surface area is 131 Å². The second kappa shape index (κ2) is 6.10. The Morgan fingerprint density at radius 3 is 2.39 bits per heavy atom. The second-order valence-electron chi connectivity index (χ2n) is 5.75. The molecule has 2 rings (SSSR count). The van der Waals surface area contributed by atoms with Gasteiger partial charge in [-0.1, -0.05) is 6.07 Å². The van der Waals surface area contributed by atoms with Crippen LogP contribution in [-0.2, 0) is 4.79 Å². The summed E-state index contributed by atoms with van der Waals surface area (Å²) >= 11 is 0. The van der Waals surface area contributed by atoms with Crippen LogP contribution in [0.4, 0.5) is 18.9 Å². The predicted octanol–water partition coefficient (Wildman–Crippen LogP) is 2.09. The molecule has 1 aromatic carbocycles. The molecule has 1 aliphatic rings. The largest absolute Gasteiger partial charge is 0.481 e. The van der Waals surface area contributed by atoms with Crippen molar-refractivity contribution < 1.29 is 27.9 Å². The smallest absolute Gasteiger partial charge is 0.394 e. The molecule has 1 amide bonds. The summed E-state index contributed by atoms with van der Waals surface area (Å²) < 4.78 is 38.9. The lowest BCUT2D eigenvalue weighted by Crippen LogP contribution is -2.34. The van der Waals surface area contributed by atoms with E-state index in [0.29, 0.717) is 0 Å². The number of hydrogen-bond donors (Lipinski definition) is 1. The van der Waals surface area contributed by atoms with E-state index in [0.717, 1.165) is 10.6 Å². The molecule has 126 valence electrons. The first-order valence-electron chi connectivity index (χ1n) is 6.97. The first-order chi connectivity index (χ1) is 10.6. The van der Waals surface area contributed by atoms with E-state index < -0.39 is 43.0 Å². The summed E-state index contributed by atoms with van der Waals surface area (Å²) in [5.74, 6) is -5.80. The first kappa shape index (κ1) is 17.1. The number of carboxylic acids is 1. The van der Waals surface area contributed by atoms with E-state index >= 15 is 0 Å². The van der Waals surface area contributed by atoms with Gasteiger partial charge in [0.05, 0.1) is 11.8 Å². The van der Waals surface area contributed by atoms with E-state index in [1.807, 2.05) is 0 Å². The minimum absolute atomic E-state index is 0.239. The molecule has 1 N–H and O–H groups in total. The van der Waals surface area contributed by atoms with Crippen LogP contribution < -0.4 is 4.90 Å². The van der Waals surface area contributed by atoms with Crippen LogP contribution in [0.5, 0.6) is 0 Å². The summed E-state index contributed by atoms with van der Waals surface area (Å²) in [6.45, 7) is -1.07. The SMILES string of the molecule is CN(C)c1cccc(C(=O)N2C[C@@H](C(F)(F)F)[C@H](C(=O)O)C2)c1. The average Bonchev–Trinajstić information content (AvgIpc) is 2.92. The van der Waals surface area contributed by atoms with Gasteiger partial charge >= 0.3 is 12.1 Å². The third kappa shape index (κ3) is 3.57. The number of benzene rings is 1. The minimum atomic E-state index is -4.65. The van der Waals surface area contributed by atoms with Gasteiger partial charge in [0.1, 0.15) is 0 Å². The lowest BCUT2D eigenvalue weighted by atomic mass is 9.96. The third-order valence-electron chi connectivity index (χ3n) is 3.95. The van der Waals surface area contributed by atoms with E-state index in [2.05, 4.69) is 0 Å². The van der Waals surface area contributed by atoms with Crippen molar-refractivity contribution in [1.82, 2.24) is 4.90 Å². The Morgan fingerprint density at radius 1 is 1.26 bits per heavy atom. The Bertz CT molecular complexity index is 616. The van der Waals surface area contributed by atoms with Gasteiger partial charge in [-0.3, -0.25) is 9.59 Å². The van der Waals surface area contributed by atoms with Crippen LogP contribution in [0.25, 0.3) is 0 Å². The number of likely N-dealkylation sites (tertiary alicyclic amines) is 1. The summed E-state index contributed by atoms with van der Waals surface area (Å²) in [6, 6.07) is 6.47. The molecular formula is C15H17F3N2O3. The number of carboxylic acid groups (broad SMARTS) is 1. The van der Waals surface area contributed by atoms with Gasteiger partial charge in [-0.2, -0.15) is 13.2 Å². The molecule has 1 fully saturated rings. The molecule has 0 aliphatic carbocycles. The third-order valence-corrected chi connectivity index (χ3v) is 3.95. The molecule has 0 unspecified atom stereocenters. The molecule has 2 atom stereocenters. The number of carbonyl (C=O) groups is 2. The number of carbonyl (C=O) groups excluding carboxylic acids is 1. The molecule has 5 nitrogen and oxygen atoms in total. The van der Waals surface area contributed by atoms with Crippen molar-refractivity contribution in [3.8, 4) is 0 Å². The van der Waals surface area contributed by atoms with Gasteiger partial charge in [-0.15, -0.1) is 0 Å². The van der Waals surface area contributed by atoms with E-state index in [-0.39, 0.29) is 5.56 Å². The fraction of sp³-hybridized carbons (Fsp3) is 0.467. The van der Waals surface area contributed by atoms with Gasteiger partial charge in [-0.25, -0.2) is 0 Å². The first-order valence-corrected chi connectivity index (χ1v) is 6.97. The van der Waals surface area contributed by atoms with E-state index in [4.69, 9.17) is 5.11 Å². The highest BCUT2D eigenvalue weighted by molar-refractivity contribution is 5.95. The fourth-order valence-electron chi connectivity index (χ4n) is 2.65. The summed E-state index contributed by atoms with van der Waals surface area (Å²) in [4.78, 5) is 26.2. The predicted molar refractivity (Wildman–Crippen MR) is 77.3 cm³/mol. The van der Waals surface area contributed by atoms with E-state index in [1.165, 1.54) is 6.07 Å². The molecule has 0 saturated carbocycles. The van der Waals surface area contributed by atoms with Gasteiger partial charge in [0.25, 0.3) is 5.91 Å². The topological polar surface area (TPSA) is 60.9 Å². The Kier molecular flexibility index (Phi) is 4.53. The van der Waals surface area contributed by atoms with Crippen LogP contribution in [0.2, 0.25) is 0 Å². The van der Waals surface area contributed by atoms with Crippen LogP contribution in [0.3, 0.4) is 0 Å². The second-order valence-corrected chi connectivity index (χ2v) is 5.75. The lowest BCUT2D eigenvalue weighted by Gasteiger charge is -2.19. The number of anilines is 1. The number of aliphatic carboxylic acids is 1. The van der Waals surface area contributed by atoms with Crippen molar-refractivity contribution in [3.05, 3.63) is 29.8 Å². The normalized spacial score (nSPS) is 21.3. The molecule has 0 spiro atoms. The fourth-order valence-corrected chi connectivity index (χ4v) is 2.65. The Morgan fingerprint density at radius 2 is 1.91 bits per heavy atom. The van der Waals surface area contributed by atoms with Gasteiger partial charge in [-0.05, 0) is 18.2 Å². The maximum Gasteiger partial charge on any atom is 0.394 e. The number of alkyl halides is 3. The van der Waals surface area contributed by atoms with Crippen LogP contribution in [0.1, 0.15) is 10.4 Å². The van der Waals surface area contributed by atoms with Crippen molar-refractivity contribution in [2.24, 2.45) is 11.8 Å². The van der Waals surface area contributed by atoms with E-state index in [9.17, 15) is 22.8 Å². The molecule has 1 aliphatic heterocycles. The van der Waals surface area contributed by atoms with Crippen LogP contribution in [0.15, 0.2) is 24.3 Å². The van der Waals surface area contributed by atoms with Crippen molar-refractivity contribution in [2.75, 3.05) is 32.1 Å². The van der Waals surface area contributed by atoms with Gasteiger partial charge in [0, 0.05) is 38.4 Å². The maximum absolute atomic E-state index is 13.0. The molecule has 23 heavy (non-hydrogen) atoms. The zero-order valence-corrected chi connectivity index (χ0v) is 12.7. The van der Waals surface area contributed by atoms with Crippen LogP contribution in [0, 0.1) is 11.8 Å². The summed E-state index contributed by atoms with van der Waals surface area (Å²) in [6.07, 6.45) is -4.65. The van der Waals surface area contributed by atoms with Crippen molar-refractivity contribution in [1.29, 1.82) is 0 Å². The highest BCUT2D eigenvalue weighted by atomic mass is 19.4. The zero-order valence-electron chi connectivity index (χ0n) is 12.7. The Balaban J connectivity index is 2.24. The summed E-state index contributed by atoms with van der Waals surface area (Å²) in [5, 5.41) is 8.99. The number of nitrogens with zero attached hydrogens (tertiary/aromatic N) is 2. The number of hydrogen-bond acceptors (Lipinski definition) is 3. The standard InChI is InChI=1S/C15H17F3N2O3/c1-19(2)10-5-3-4-9(6-10)13(21)20-7-11(14(22)23)12(8-20)15(16,17)18/h3-6,11-12H,7-8H2,1-2H3,(H,22,23)/t11-,12-/m1/s1. The number of rotatable bonds is 3. The van der Waals surface area contributed by atoms with Crippen molar-refractivity contribution in [3.63, 3.8) is 0 Å². The van der Waals surface area contributed by atoms with Gasteiger partial charge in [0.2, 0.25) is 0 Å². The van der Waals surface area contributed by atoms with Crippen molar-refractivity contribution >= 4 is 17.6 Å². The average molecular weight is 330 g/mol. The summed E-state index contributed by atoms with van der Waals surface area (Å²) in [5.41, 5.74) is 0.973. The highest BCUT2D eigenvalue weighted by Gasteiger charge is 2.53. The van der Waals surface area contributed by atoms with E-state index in [1.54, 1.807) is 37.2 Å². The lowest BCUT2D eigenvalue weighted by molar-refractivity contribution is -0.187.